The van der Waals surface area contributed by atoms with Gasteiger partial charge in [-0.15, -0.1) is 0 Å². The molecule has 0 unspecified atom stereocenters. The molecule has 3 fully saturated rings. The number of fused-ring (bicyclic) bond motifs is 5. The van der Waals surface area contributed by atoms with Crippen LogP contribution >= 0.6 is 0 Å². The van der Waals surface area contributed by atoms with Crippen molar-refractivity contribution >= 4 is 5.78 Å². The van der Waals surface area contributed by atoms with Crippen molar-refractivity contribution in [2.24, 2.45) is 28.6 Å². The fourth-order valence-corrected chi connectivity index (χ4v) is 5.20. The molecular weight excluding hydrogens is 260 g/mol. The third kappa shape index (κ3) is 1.78. The molecule has 0 aromatic rings. The Morgan fingerprint density at radius 2 is 2.10 bits per heavy atom. The maximum absolute atomic E-state index is 12.4. The van der Waals surface area contributed by atoms with Gasteiger partial charge in [0.2, 0.25) is 0 Å². The molecule has 1 N–H and O–H groups in total. The smallest absolute Gasteiger partial charge is 0.155 e. The molecule has 0 aromatic heterocycles. The van der Waals surface area contributed by atoms with Crippen LogP contribution in [0.5, 0.6) is 0 Å². The number of rotatable bonds is 0. The average molecular weight is 296 g/mol. The Balaban J connectivity index is 1.87. The molecule has 2 heteroatoms. The van der Waals surface area contributed by atoms with Crippen molar-refractivity contribution in [3.8, 4) is 0 Å². The largest absolute Gasteiger partial charge is 0.393 e. The summed E-state index contributed by atoms with van der Waals surface area (Å²) in [7, 11) is 0. The lowest BCUT2D eigenvalue weighted by molar-refractivity contribution is -0.118. The molecule has 3 saturated carbocycles. The van der Waals surface area contributed by atoms with Crippen molar-refractivity contribution in [3.05, 3.63) is 11.6 Å². The minimum absolute atomic E-state index is 0.00628. The number of hydrogen-bond donors (Lipinski definition) is 1. The van der Waals surface area contributed by atoms with Crippen LogP contribution in [0.15, 0.2) is 11.6 Å². The van der Waals surface area contributed by atoms with Gasteiger partial charge in [-0.25, -0.2) is 0 Å². The zero-order valence-corrected chi connectivity index (χ0v) is 12.6. The second-order valence-corrected chi connectivity index (χ2v) is 7.54. The fraction of sp³-hybridized carbons (Fsp3) is 0.842. The highest BCUT2D eigenvalue weighted by atomic mass is 16.3. The number of carbonyl (C=O) groups is 1. The first-order valence-corrected chi connectivity index (χ1v) is 7.91. The highest BCUT2D eigenvalue weighted by Crippen LogP contribution is 2.65. The molecule has 0 saturated heterocycles. The summed E-state index contributed by atoms with van der Waals surface area (Å²) >= 11 is 0. The summed E-state index contributed by atoms with van der Waals surface area (Å²) in [4.78, 5) is 12.4. The van der Waals surface area contributed by atoms with Gasteiger partial charge in [-0.3, -0.25) is 4.79 Å². The summed E-state index contributed by atoms with van der Waals surface area (Å²) in [6.45, 7) is 3.46. The third-order valence-corrected chi connectivity index (χ3v) is 6.62. The van der Waals surface area contributed by atoms with Gasteiger partial charge in [-0.05, 0) is 79.5 Å². The van der Waals surface area contributed by atoms with Crippen molar-refractivity contribution in [3.63, 3.8) is 0 Å². The summed E-state index contributed by atoms with van der Waals surface area (Å²) in [5, 5.41) is 10.8. The van der Waals surface area contributed by atoms with E-state index >= 15 is 0 Å². The molecule has 0 heterocycles. The Morgan fingerprint density at radius 1 is 1.29 bits per heavy atom. The maximum Gasteiger partial charge on any atom is 0.155 e. The van der Waals surface area contributed by atoms with Gasteiger partial charge in [0.15, 0.2) is 5.78 Å². The second kappa shape index (κ2) is 4.44. The molecule has 4 aliphatic carbocycles. The Morgan fingerprint density at radius 3 is 2.90 bits per heavy atom. The van der Waals surface area contributed by atoms with Crippen molar-refractivity contribution in [1.82, 2.24) is 0 Å². The van der Waals surface area contributed by atoms with E-state index in [0.717, 1.165) is 0 Å². The summed E-state index contributed by atoms with van der Waals surface area (Å²) in [6.07, 6.45) is -8.04. The molecule has 4 aliphatic rings. The molecule has 0 aliphatic heterocycles. The number of carbonyl (C=O) groups excluding carboxylic acids is 1. The summed E-state index contributed by atoms with van der Waals surface area (Å²) in [5.74, 6) is -1.98. The number of allylic oxidation sites excluding steroid dienone is 1. The molecule has 6 atom stereocenters. The molecule has 0 spiro atoms. The van der Waals surface area contributed by atoms with Crippen LogP contribution in [0.3, 0.4) is 0 Å². The number of aliphatic hydroxyl groups is 1. The van der Waals surface area contributed by atoms with Crippen molar-refractivity contribution in [2.75, 3.05) is 0 Å². The van der Waals surface area contributed by atoms with Crippen LogP contribution in [-0.2, 0) is 4.79 Å². The third-order valence-electron chi connectivity index (χ3n) is 6.62. The quantitative estimate of drug-likeness (QED) is 0.736. The summed E-state index contributed by atoms with van der Waals surface area (Å²) in [6, 6.07) is -0.556. The topological polar surface area (TPSA) is 37.3 Å². The normalized spacial score (nSPS) is 69.5. The van der Waals surface area contributed by atoms with Gasteiger partial charge in [-0.2, -0.15) is 0 Å². The van der Waals surface area contributed by atoms with Crippen LogP contribution in [0.4, 0.5) is 0 Å². The molecule has 0 aromatic carbocycles. The van der Waals surface area contributed by atoms with Crippen LogP contribution in [0, 0.1) is 28.6 Å². The van der Waals surface area contributed by atoms with Gasteiger partial charge in [-0.1, -0.05) is 19.4 Å². The minimum Gasteiger partial charge on any atom is -0.393 e. The van der Waals surface area contributed by atoms with E-state index in [-0.39, 0.29) is 36.7 Å². The van der Waals surface area contributed by atoms with Crippen molar-refractivity contribution in [1.29, 1.82) is 0 Å². The molecule has 0 bridgehead atoms. The van der Waals surface area contributed by atoms with Gasteiger partial charge in [0, 0.05) is 14.6 Å². The molecule has 2 nitrogen and oxygen atoms in total. The monoisotopic (exact) mass is 296 g/mol. The summed E-state index contributed by atoms with van der Waals surface area (Å²) < 4.78 is 66.9. The Bertz CT molecular complexity index is 819. The zero-order chi connectivity index (χ0) is 22.0. The number of ketones is 1. The van der Waals surface area contributed by atoms with E-state index in [1.165, 1.54) is 0 Å². The highest BCUT2D eigenvalue weighted by Gasteiger charge is 2.58. The highest BCUT2D eigenvalue weighted by molar-refractivity contribution is 5.91. The Kier molecular flexibility index (Phi) is 1.64. The van der Waals surface area contributed by atoms with Crippen molar-refractivity contribution in [2.45, 2.75) is 71.2 Å². The van der Waals surface area contributed by atoms with Gasteiger partial charge in [0.05, 0.1) is 8.82 Å². The molecule has 21 heavy (non-hydrogen) atoms. The first-order chi connectivity index (χ1) is 12.9. The van der Waals surface area contributed by atoms with Gasteiger partial charge < -0.3 is 5.11 Å². The minimum atomic E-state index is -2.28. The van der Waals surface area contributed by atoms with Crippen LogP contribution in [0.25, 0.3) is 0 Å². The SMILES string of the molecule is [2H]C1=C2C([2H])([2H])C[C@@H]3[C@H](CC[C@@]4(C)[C@H]3CC([2H])([2H])[C@]4([2H])O)[C@@]2(C)CC([2H])([2H])C1=O. The maximum atomic E-state index is 12.4. The van der Waals surface area contributed by atoms with Crippen LogP contribution in [0.2, 0.25) is 0 Å². The number of hydrogen-bond acceptors (Lipinski definition) is 2. The molecular formula is C19H28O2. The van der Waals surface area contributed by atoms with E-state index in [4.69, 9.17) is 11.0 Å². The lowest BCUT2D eigenvalue weighted by Crippen LogP contribution is -2.51. The van der Waals surface area contributed by atoms with E-state index < -0.39 is 53.8 Å². The molecule has 116 valence electrons. The molecule has 4 rings (SSSR count). The van der Waals surface area contributed by atoms with E-state index in [1.54, 1.807) is 13.8 Å². The predicted octanol–water partition coefficient (Wildman–Crippen LogP) is 3.88. The lowest BCUT2D eigenvalue weighted by atomic mass is 9.47. The van der Waals surface area contributed by atoms with E-state index in [2.05, 4.69) is 0 Å². The average Bonchev–Trinajstić information content (AvgIpc) is 2.68. The predicted molar refractivity (Wildman–Crippen MR) is 82.7 cm³/mol. The van der Waals surface area contributed by atoms with E-state index in [0.29, 0.717) is 12.8 Å². The Labute approximate surface area is 139 Å². The molecule has 0 amide bonds. The summed E-state index contributed by atoms with van der Waals surface area (Å²) in [5.41, 5.74) is -1.98. The van der Waals surface area contributed by atoms with E-state index in [9.17, 15) is 9.90 Å². The van der Waals surface area contributed by atoms with Gasteiger partial charge >= 0.3 is 0 Å². The van der Waals surface area contributed by atoms with Crippen molar-refractivity contribution < 1.29 is 20.9 Å². The first-order valence-electron chi connectivity index (χ1n) is 11.9. The zero-order valence-electron chi connectivity index (χ0n) is 20.6. The van der Waals surface area contributed by atoms with Gasteiger partial charge in [0.1, 0.15) is 0 Å². The lowest BCUT2D eigenvalue weighted by Gasteiger charge is -2.57. The van der Waals surface area contributed by atoms with Crippen LogP contribution < -0.4 is 0 Å². The first kappa shape index (κ1) is 7.77. The molecule has 0 radical (unpaired) electrons. The van der Waals surface area contributed by atoms with Crippen LogP contribution in [-0.4, -0.2) is 17.0 Å². The Hall–Kier alpha value is -0.630. The standard InChI is InChI=1S/C19H28O2/c1-18-9-7-13(20)11-12(18)3-4-14-15-5-6-17(21)19(15,2)10-8-16(14)18/h11,14-17,21H,3-10H2,1-2H3/t14-,15-,16-,17-,18-,19-/m0/s1/i3D2,6D2,7D2,11D,17D. The second-order valence-electron chi connectivity index (χ2n) is 7.54. The fourth-order valence-electron chi connectivity index (χ4n) is 5.20. The van der Waals surface area contributed by atoms with Crippen LogP contribution in [0.1, 0.15) is 76.0 Å². The van der Waals surface area contributed by atoms with E-state index in [1.807, 2.05) is 0 Å². The van der Waals surface area contributed by atoms with Gasteiger partial charge in [0.25, 0.3) is 0 Å².